The molecule has 0 radical (unpaired) electrons. The Morgan fingerprint density at radius 2 is 1.62 bits per heavy atom. The van der Waals surface area contributed by atoms with Gasteiger partial charge in [0.2, 0.25) is 0 Å². The van der Waals surface area contributed by atoms with Gasteiger partial charge in [0.1, 0.15) is 0 Å². The molecule has 0 spiro atoms. The van der Waals surface area contributed by atoms with Crippen molar-refractivity contribution in [2.45, 2.75) is 27.2 Å². The van der Waals surface area contributed by atoms with Gasteiger partial charge in [-0.05, 0) is 43.9 Å². The zero-order chi connectivity index (χ0) is 12.3. The number of hydrogen-bond acceptors (Lipinski definition) is 3. The van der Waals surface area contributed by atoms with Crippen LogP contribution in [0, 0.1) is 20.8 Å². The van der Waals surface area contributed by atoms with Crippen molar-refractivity contribution in [3.8, 4) is 0 Å². The summed E-state index contributed by atoms with van der Waals surface area (Å²) in [6, 6.07) is 4.20. The van der Waals surface area contributed by atoms with E-state index in [0.29, 0.717) is 6.42 Å². The monoisotopic (exact) mass is 242 g/mol. The van der Waals surface area contributed by atoms with Crippen molar-refractivity contribution in [3.63, 3.8) is 0 Å². The van der Waals surface area contributed by atoms with Crippen LogP contribution in [0.1, 0.15) is 22.3 Å². The summed E-state index contributed by atoms with van der Waals surface area (Å²) in [5.74, 6) is 0. The van der Waals surface area contributed by atoms with Gasteiger partial charge in [-0.2, -0.15) is 8.42 Å². The number of aryl methyl sites for hydroxylation is 3. The van der Waals surface area contributed by atoms with Crippen LogP contribution in [0.5, 0.6) is 0 Å². The maximum atomic E-state index is 10.8. The first-order valence-electron chi connectivity index (χ1n) is 5.21. The molecule has 4 heteroatoms. The van der Waals surface area contributed by atoms with Crippen molar-refractivity contribution >= 4 is 10.1 Å². The van der Waals surface area contributed by atoms with E-state index in [4.69, 9.17) is 4.18 Å². The SMILES string of the molecule is Cc1cc(C)c(CCOS(C)(=O)=O)c(C)c1. The molecule has 90 valence electrons. The van der Waals surface area contributed by atoms with E-state index >= 15 is 0 Å². The molecule has 0 aliphatic heterocycles. The van der Waals surface area contributed by atoms with E-state index in [2.05, 4.69) is 19.1 Å². The number of benzene rings is 1. The summed E-state index contributed by atoms with van der Waals surface area (Å²) in [7, 11) is -3.33. The summed E-state index contributed by atoms with van der Waals surface area (Å²) in [4.78, 5) is 0. The third kappa shape index (κ3) is 3.94. The first-order valence-corrected chi connectivity index (χ1v) is 7.02. The maximum absolute atomic E-state index is 10.8. The van der Waals surface area contributed by atoms with Crippen molar-refractivity contribution in [2.75, 3.05) is 12.9 Å². The average molecular weight is 242 g/mol. The van der Waals surface area contributed by atoms with Crippen LogP contribution in [0.2, 0.25) is 0 Å². The van der Waals surface area contributed by atoms with Gasteiger partial charge in [-0.1, -0.05) is 17.7 Å². The lowest BCUT2D eigenvalue weighted by Gasteiger charge is -2.10. The Bertz CT molecular complexity index is 452. The zero-order valence-electron chi connectivity index (χ0n) is 10.2. The Morgan fingerprint density at radius 3 is 2.06 bits per heavy atom. The lowest BCUT2D eigenvalue weighted by atomic mass is 9.98. The fourth-order valence-corrected chi connectivity index (χ4v) is 2.29. The van der Waals surface area contributed by atoms with Gasteiger partial charge in [0.25, 0.3) is 10.1 Å². The third-order valence-electron chi connectivity index (χ3n) is 2.49. The molecule has 0 saturated carbocycles. The average Bonchev–Trinajstić information content (AvgIpc) is 2.07. The Kier molecular flexibility index (Phi) is 4.10. The van der Waals surface area contributed by atoms with Crippen LogP contribution in [0.4, 0.5) is 0 Å². The molecule has 0 aliphatic carbocycles. The van der Waals surface area contributed by atoms with Crippen molar-refractivity contribution in [2.24, 2.45) is 0 Å². The molecule has 0 saturated heterocycles. The van der Waals surface area contributed by atoms with Crippen LogP contribution in [0.15, 0.2) is 12.1 Å². The fraction of sp³-hybridized carbons (Fsp3) is 0.500. The molecular weight excluding hydrogens is 224 g/mol. The molecule has 1 aromatic carbocycles. The van der Waals surface area contributed by atoms with Crippen LogP contribution in [-0.2, 0) is 20.7 Å². The standard InChI is InChI=1S/C12H18O3S/c1-9-7-10(2)12(11(3)8-9)5-6-15-16(4,13)14/h7-8H,5-6H2,1-4H3. The molecule has 0 unspecified atom stereocenters. The maximum Gasteiger partial charge on any atom is 0.264 e. The highest BCUT2D eigenvalue weighted by Crippen LogP contribution is 2.17. The van der Waals surface area contributed by atoms with E-state index in [0.717, 1.165) is 6.26 Å². The smallest absolute Gasteiger partial charge is 0.264 e. The summed E-state index contributed by atoms with van der Waals surface area (Å²) in [5, 5.41) is 0. The Morgan fingerprint density at radius 1 is 1.12 bits per heavy atom. The highest BCUT2D eigenvalue weighted by atomic mass is 32.2. The second kappa shape index (κ2) is 4.97. The molecule has 1 aromatic rings. The molecule has 16 heavy (non-hydrogen) atoms. The molecule has 0 N–H and O–H groups in total. The van der Waals surface area contributed by atoms with Gasteiger partial charge in [-0.3, -0.25) is 4.18 Å². The molecule has 0 atom stereocenters. The summed E-state index contributed by atoms with van der Waals surface area (Å²) < 4.78 is 26.4. The normalized spacial score (nSPS) is 11.8. The quantitative estimate of drug-likeness (QED) is 0.760. The van der Waals surface area contributed by atoms with Gasteiger partial charge in [-0.25, -0.2) is 0 Å². The van der Waals surface area contributed by atoms with Crippen molar-refractivity contribution < 1.29 is 12.6 Å². The van der Waals surface area contributed by atoms with Crippen molar-refractivity contribution in [1.29, 1.82) is 0 Å². The lowest BCUT2D eigenvalue weighted by molar-refractivity contribution is 0.325. The minimum Gasteiger partial charge on any atom is -0.270 e. The zero-order valence-corrected chi connectivity index (χ0v) is 11.0. The molecule has 0 aliphatic rings. The Balaban J connectivity index is 2.75. The minimum atomic E-state index is -3.33. The highest BCUT2D eigenvalue weighted by Gasteiger charge is 2.06. The molecule has 1 rings (SSSR count). The fourth-order valence-electron chi connectivity index (χ4n) is 1.90. The molecule has 0 heterocycles. The summed E-state index contributed by atoms with van der Waals surface area (Å²) in [6.07, 6.45) is 1.70. The van der Waals surface area contributed by atoms with E-state index in [1.165, 1.54) is 22.3 Å². The number of rotatable bonds is 4. The molecule has 0 aromatic heterocycles. The second-order valence-electron chi connectivity index (χ2n) is 4.15. The van der Waals surface area contributed by atoms with Crippen LogP contribution >= 0.6 is 0 Å². The lowest BCUT2D eigenvalue weighted by Crippen LogP contribution is -2.08. The van der Waals surface area contributed by atoms with Gasteiger partial charge in [0.05, 0.1) is 12.9 Å². The van der Waals surface area contributed by atoms with Crippen LogP contribution < -0.4 is 0 Å². The first-order chi connectivity index (χ1) is 7.29. The topological polar surface area (TPSA) is 43.4 Å². The minimum absolute atomic E-state index is 0.212. The third-order valence-corrected chi connectivity index (χ3v) is 3.08. The van der Waals surface area contributed by atoms with E-state index < -0.39 is 10.1 Å². The summed E-state index contributed by atoms with van der Waals surface area (Å²) in [6.45, 7) is 6.34. The van der Waals surface area contributed by atoms with Crippen molar-refractivity contribution in [1.82, 2.24) is 0 Å². The van der Waals surface area contributed by atoms with Gasteiger partial charge < -0.3 is 0 Å². The summed E-state index contributed by atoms with van der Waals surface area (Å²) >= 11 is 0. The predicted octanol–water partition coefficient (Wildman–Crippen LogP) is 2.13. The molecule has 0 bridgehead atoms. The second-order valence-corrected chi connectivity index (χ2v) is 5.80. The molecule has 3 nitrogen and oxygen atoms in total. The first kappa shape index (κ1) is 13.2. The van der Waals surface area contributed by atoms with E-state index in [1.54, 1.807) is 0 Å². The highest BCUT2D eigenvalue weighted by molar-refractivity contribution is 7.85. The van der Waals surface area contributed by atoms with Crippen LogP contribution in [-0.4, -0.2) is 21.3 Å². The van der Waals surface area contributed by atoms with Gasteiger partial charge in [0.15, 0.2) is 0 Å². The van der Waals surface area contributed by atoms with Gasteiger partial charge in [0, 0.05) is 0 Å². The van der Waals surface area contributed by atoms with Crippen LogP contribution in [0.3, 0.4) is 0 Å². The van der Waals surface area contributed by atoms with Crippen molar-refractivity contribution in [3.05, 3.63) is 34.4 Å². The van der Waals surface area contributed by atoms with E-state index in [9.17, 15) is 8.42 Å². The molecule has 0 amide bonds. The van der Waals surface area contributed by atoms with Gasteiger partial charge >= 0.3 is 0 Å². The Hall–Kier alpha value is -0.870. The number of hydrogen-bond donors (Lipinski definition) is 0. The molecular formula is C12H18O3S. The summed E-state index contributed by atoms with van der Waals surface area (Å²) in [5.41, 5.74) is 4.78. The predicted molar refractivity (Wildman–Crippen MR) is 65.2 cm³/mol. The van der Waals surface area contributed by atoms with E-state index in [-0.39, 0.29) is 6.61 Å². The van der Waals surface area contributed by atoms with Gasteiger partial charge in [-0.15, -0.1) is 0 Å². The Labute approximate surface area is 97.6 Å². The molecule has 0 fully saturated rings. The largest absolute Gasteiger partial charge is 0.270 e. The van der Waals surface area contributed by atoms with Crippen LogP contribution in [0.25, 0.3) is 0 Å². The van der Waals surface area contributed by atoms with E-state index in [1.807, 2.05) is 13.8 Å².